The summed E-state index contributed by atoms with van der Waals surface area (Å²) in [5, 5.41) is 10.7. The molecular weight excluding hydrogens is 354 g/mol. The van der Waals surface area contributed by atoms with Crippen LogP contribution in [0.4, 0.5) is 5.69 Å². The fourth-order valence-corrected chi connectivity index (χ4v) is 4.58. The van der Waals surface area contributed by atoms with E-state index in [1.54, 1.807) is 0 Å². The minimum absolute atomic E-state index is 0.0904. The Kier molecular flexibility index (Phi) is 5.36. The number of hydrogen-bond donors (Lipinski definition) is 0. The zero-order valence-corrected chi connectivity index (χ0v) is 15.3. The van der Waals surface area contributed by atoms with Crippen LogP contribution in [0.1, 0.15) is 18.5 Å². The Balaban J connectivity index is 1.67. The molecule has 26 heavy (non-hydrogen) atoms. The quantitative estimate of drug-likeness (QED) is 0.593. The highest BCUT2D eigenvalue weighted by Gasteiger charge is 2.30. The minimum atomic E-state index is -3.63. The Morgan fingerprint density at radius 1 is 0.962 bits per heavy atom. The second-order valence-corrected chi connectivity index (χ2v) is 8.22. The van der Waals surface area contributed by atoms with E-state index in [4.69, 9.17) is 0 Å². The first-order chi connectivity index (χ1) is 12.4. The standard InChI is InChI=1S/C18H21N3O4S/c1-15(16-5-3-2-4-6-16)19-11-13-20(14-12-19)26(24,25)18-9-7-17(8-10-18)21(22)23/h2-10,15H,11-14H2,1H3/t15-/m0/s1. The van der Waals surface area contributed by atoms with Crippen LogP contribution in [-0.2, 0) is 10.0 Å². The Bertz CT molecular complexity index is 861. The molecule has 0 amide bonds. The molecule has 0 saturated carbocycles. The third-order valence-electron chi connectivity index (χ3n) is 4.79. The van der Waals surface area contributed by atoms with Gasteiger partial charge in [-0.25, -0.2) is 8.42 Å². The zero-order chi connectivity index (χ0) is 18.7. The number of nitrogens with zero attached hydrogens (tertiary/aromatic N) is 3. The van der Waals surface area contributed by atoms with Crippen molar-refractivity contribution in [3.8, 4) is 0 Å². The molecule has 0 unspecified atom stereocenters. The summed E-state index contributed by atoms with van der Waals surface area (Å²) < 4.78 is 27.0. The van der Waals surface area contributed by atoms with Gasteiger partial charge < -0.3 is 0 Å². The van der Waals surface area contributed by atoms with E-state index in [0.29, 0.717) is 26.2 Å². The Morgan fingerprint density at radius 2 is 1.54 bits per heavy atom. The molecule has 3 rings (SSSR count). The first-order valence-electron chi connectivity index (χ1n) is 8.43. The first kappa shape index (κ1) is 18.5. The van der Waals surface area contributed by atoms with Crippen molar-refractivity contribution in [2.75, 3.05) is 26.2 Å². The van der Waals surface area contributed by atoms with Crippen molar-refractivity contribution in [1.29, 1.82) is 0 Å². The van der Waals surface area contributed by atoms with E-state index in [1.165, 1.54) is 34.1 Å². The molecular formula is C18H21N3O4S. The molecule has 1 atom stereocenters. The third kappa shape index (κ3) is 3.77. The monoisotopic (exact) mass is 375 g/mol. The highest BCUT2D eigenvalue weighted by molar-refractivity contribution is 7.89. The van der Waals surface area contributed by atoms with Gasteiger partial charge in [0.15, 0.2) is 0 Å². The van der Waals surface area contributed by atoms with Gasteiger partial charge in [-0.1, -0.05) is 30.3 Å². The van der Waals surface area contributed by atoms with Gasteiger partial charge in [0, 0.05) is 44.4 Å². The zero-order valence-electron chi connectivity index (χ0n) is 14.5. The van der Waals surface area contributed by atoms with Crippen LogP contribution in [0, 0.1) is 10.1 Å². The van der Waals surface area contributed by atoms with Crippen LogP contribution in [0.15, 0.2) is 59.5 Å². The van der Waals surface area contributed by atoms with Crippen molar-refractivity contribution in [2.24, 2.45) is 0 Å². The van der Waals surface area contributed by atoms with Crippen molar-refractivity contribution < 1.29 is 13.3 Å². The summed E-state index contributed by atoms with van der Waals surface area (Å²) in [6.07, 6.45) is 0. The number of piperazine rings is 1. The van der Waals surface area contributed by atoms with Crippen LogP contribution in [0.3, 0.4) is 0 Å². The SMILES string of the molecule is C[C@@H](c1ccccc1)N1CCN(S(=O)(=O)c2ccc([N+](=O)[O-])cc2)CC1. The lowest BCUT2D eigenvalue weighted by Crippen LogP contribution is -2.49. The fourth-order valence-electron chi connectivity index (χ4n) is 3.16. The van der Waals surface area contributed by atoms with Gasteiger partial charge >= 0.3 is 0 Å². The first-order valence-corrected chi connectivity index (χ1v) is 9.87. The molecule has 1 saturated heterocycles. The van der Waals surface area contributed by atoms with Crippen molar-refractivity contribution in [3.05, 3.63) is 70.3 Å². The molecule has 0 N–H and O–H groups in total. The smallest absolute Gasteiger partial charge is 0.269 e. The van der Waals surface area contributed by atoms with Gasteiger partial charge in [-0.05, 0) is 24.6 Å². The van der Waals surface area contributed by atoms with E-state index in [-0.39, 0.29) is 16.6 Å². The molecule has 1 aliphatic heterocycles. The van der Waals surface area contributed by atoms with Crippen molar-refractivity contribution in [2.45, 2.75) is 17.9 Å². The summed E-state index contributed by atoms with van der Waals surface area (Å²) in [5.74, 6) is 0. The maximum Gasteiger partial charge on any atom is 0.269 e. The van der Waals surface area contributed by atoms with Crippen LogP contribution in [-0.4, -0.2) is 48.7 Å². The van der Waals surface area contributed by atoms with Crippen LogP contribution < -0.4 is 0 Å². The molecule has 1 aliphatic rings. The predicted octanol–water partition coefficient (Wildman–Crippen LogP) is 2.66. The Morgan fingerprint density at radius 3 is 2.08 bits per heavy atom. The molecule has 2 aromatic rings. The average molecular weight is 375 g/mol. The molecule has 0 aliphatic carbocycles. The van der Waals surface area contributed by atoms with E-state index in [9.17, 15) is 18.5 Å². The van der Waals surface area contributed by atoms with Gasteiger partial charge in [-0.15, -0.1) is 0 Å². The highest BCUT2D eigenvalue weighted by atomic mass is 32.2. The van der Waals surface area contributed by atoms with Crippen molar-refractivity contribution in [1.82, 2.24) is 9.21 Å². The van der Waals surface area contributed by atoms with Crippen LogP contribution >= 0.6 is 0 Å². The molecule has 1 fully saturated rings. The second kappa shape index (κ2) is 7.53. The van der Waals surface area contributed by atoms with E-state index in [1.807, 2.05) is 18.2 Å². The molecule has 0 aromatic heterocycles. The maximum atomic E-state index is 12.8. The number of nitro groups is 1. The van der Waals surface area contributed by atoms with E-state index < -0.39 is 14.9 Å². The van der Waals surface area contributed by atoms with Crippen molar-refractivity contribution in [3.63, 3.8) is 0 Å². The summed E-state index contributed by atoms with van der Waals surface area (Å²) >= 11 is 0. The molecule has 0 radical (unpaired) electrons. The minimum Gasteiger partial charge on any atom is -0.294 e. The van der Waals surface area contributed by atoms with Gasteiger partial charge in [0.1, 0.15) is 0 Å². The number of non-ortho nitro benzene ring substituents is 1. The van der Waals surface area contributed by atoms with E-state index in [0.717, 1.165) is 0 Å². The lowest BCUT2D eigenvalue weighted by molar-refractivity contribution is -0.384. The molecule has 7 nitrogen and oxygen atoms in total. The predicted molar refractivity (Wildman–Crippen MR) is 98.3 cm³/mol. The maximum absolute atomic E-state index is 12.8. The van der Waals surface area contributed by atoms with Crippen LogP contribution in [0.25, 0.3) is 0 Å². The fraction of sp³-hybridized carbons (Fsp3) is 0.333. The topological polar surface area (TPSA) is 83.8 Å². The third-order valence-corrected chi connectivity index (χ3v) is 6.70. The Hall–Kier alpha value is -2.29. The van der Waals surface area contributed by atoms with Gasteiger partial charge in [0.05, 0.1) is 9.82 Å². The number of sulfonamides is 1. The number of rotatable bonds is 5. The van der Waals surface area contributed by atoms with Crippen LogP contribution in [0.2, 0.25) is 0 Å². The Labute approximate surface area is 153 Å². The number of hydrogen-bond acceptors (Lipinski definition) is 5. The molecule has 0 bridgehead atoms. The number of nitro benzene ring substituents is 1. The largest absolute Gasteiger partial charge is 0.294 e. The molecule has 138 valence electrons. The highest BCUT2D eigenvalue weighted by Crippen LogP contribution is 2.24. The summed E-state index contributed by atoms with van der Waals surface area (Å²) in [7, 11) is -3.63. The van der Waals surface area contributed by atoms with Crippen LogP contribution in [0.5, 0.6) is 0 Å². The molecule has 2 aromatic carbocycles. The second-order valence-electron chi connectivity index (χ2n) is 6.28. The number of benzene rings is 2. The van der Waals surface area contributed by atoms with Gasteiger partial charge in [0.2, 0.25) is 10.0 Å². The molecule has 8 heteroatoms. The van der Waals surface area contributed by atoms with Gasteiger partial charge in [0.25, 0.3) is 5.69 Å². The summed E-state index contributed by atoms with van der Waals surface area (Å²) in [6, 6.07) is 15.4. The molecule has 1 heterocycles. The lowest BCUT2D eigenvalue weighted by atomic mass is 10.1. The average Bonchev–Trinajstić information content (AvgIpc) is 2.68. The summed E-state index contributed by atoms with van der Waals surface area (Å²) in [5.41, 5.74) is 1.09. The summed E-state index contributed by atoms with van der Waals surface area (Å²) in [6.45, 7) is 4.20. The van der Waals surface area contributed by atoms with Gasteiger partial charge in [-0.3, -0.25) is 15.0 Å². The summed E-state index contributed by atoms with van der Waals surface area (Å²) in [4.78, 5) is 12.5. The van der Waals surface area contributed by atoms with Gasteiger partial charge in [-0.2, -0.15) is 4.31 Å². The van der Waals surface area contributed by atoms with E-state index >= 15 is 0 Å². The molecule has 0 spiro atoms. The normalized spacial score (nSPS) is 17.7. The van der Waals surface area contributed by atoms with Crippen molar-refractivity contribution >= 4 is 15.7 Å². The van der Waals surface area contributed by atoms with E-state index in [2.05, 4.69) is 24.0 Å². The lowest BCUT2D eigenvalue weighted by Gasteiger charge is -2.37.